The Morgan fingerprint density at radius 3 is 2.69 bits per heavy atom. The van der Waals surface area contributed by atoms with E-state index in [0.29, 0.717) is 28.1 Å². The van der Waals surface area contributed by atoms with E-state index in [1.54, 1.807) is 0 Å². The van der Waals surface area contributed by atoms with Crippen molar-refractivity contribution in [3.63, 3.8) is 0 Å². The second kappa shape index (κ2) is 6.46. The lowest BCUT2D eigenvalue weighted by molar-refractivity contribution is 0.388. The number of para-hydroxylation sites is 1. The number of H-pyrrole nitrogens is 1. The summed E-state index contributed by atoms with van der Waals surface area (Å²) < 4.78 is 11.3. The number of aromatic nitrogens is 3. The van der Waals surface area contributed by atoms with E-state index in [4.69, 9.17) is 37.8 Å². The van der Waals surface area contributed by atoms with Crippen molar-refractivity contribution in [2.75, 3.05) is 0 Å². The van der Waals surface area contributed by atoms with Gasteiger partial charge in [-0.25, -0.2) is 4.98 Å². The molecule has 3 aromatic heterocycles. The fourth-order valence-electron chi connectivity index (χ4n) is 2.72. The second-order valence-electron chi connectivity index (χ2n) is 6.34. The van der Waals surface area contributed by atoms with Gasteiger partial charge in [0.2, 0.25) is 5.89 Å². The Morgan fingerprint density at radius 2 is 1.92 bits per heavy atom. The van der Waals surface area contributed by atoms with Crippen LogP contribution in [0.4, 0.5) is 0 Å². The Kier molecular flexibility index (Phi) is 4.26. The van der Waals surface area contributed by atoms with E-state index < -0.39 is 0 Å². The second-order valence-corrected chi connectivity index (χ2v) is 7.08. The highest BCUT2D eigenvalue weighted by Crippen LogP contribution is 2.40. The van der Waals surface area contributed by atoms with E-state index in [1.807, 2.05) is 38.1 Å². The minimum Gasteiger partial charge on any atom is -0.446 e. The first-order valence-corrected chi connectivity index (χ1v) is 8.85. The van der Waals surface area contributed by atoms with E-state index in [0.717, 1.165) is 10.9 Å². The largest absolute Gasteiger partial charge is 0.446 e. The molecule has 3 heterocycles. The van der Waals surface area contributed by atoms with Gasteiger partial charge in [-0.05, 0) is 12.0 Å². The Hall–Kier alpha value is -2.28. The fourth-order valence-corrected chi connectivity index (χ4v) is 3.22. The molecule has 1 aromatic carbocycles. The summed E-state index contributed by atoms with van der Waals surface area (Å²) in [6.07, 6.45) is 1.46. The van der Waals surface area contributed by atoms with Gasteiger partial charge in [0.1, 0.15) is 11.4 Å². The van der Waals surface area contributed by atoms with Crippen LogP contribution in [0.3, 0.4) is 0 Å². The predicted molar refractivity (Wildman–Crippen MR) is 101 cm³/mol. The molecule has 0 fully saturated rings. The summed E-state index contributed by atoms with van der Waals surface area (Å²) in [5.74, 6) is 1.24. The van der Waals surface area contributed by atoms with Gasteiger partial charge in [-0.1, -0.05) is 55.2 Å². The molecule has 0 amide bonds. The molecule has 0 bridgehead atoms. The summed E-state index contributed by atoms with van der Waals surface area (Å²) in [6, 6.07) is 7.38. The smallest absolute Gasteiger partial charge is 0.250 e. The quantitative estimate of drug-likeness (QED) is 0.483. The number of nitrogens with one attached hydrogen (secondary N) is 1. The molecule has 0 radical (unpaired) electrons. The lowest BCUT2D eigenvalue weighted by Gasteiger charge is -2.10. The van der Waals surface area contributed by atoms with Crippen LogP contribution in [0, 0.1) is 5.92 Å². The van der Waals surface area contributed by atoms with Gasteiger partial charge in [0.15, 0.2) is 16.6 Å². The summed E-state index contributed by atoms with van der Waals surface area (Å²) in [4.78, 5) is 11.7. The molecule has 0 saturated carbocycles. The molecule has 0 aliphatic carbocycles. The molecule has 4 aromatic rings. The number of nitrogens with two attached hydrogens (primary N) is 1. The molecule has 26 heavy (non-hydrogen) atoms. The Labute approximate surface area is 159 Å². The van der Waals surface area contributed by atoms with Gasteiger partial charge in [0.25, 0.3) is 5.89 Å². The van der Waals surface area contributed by atoms with Crippen molar-refractivity contribution in [1.29, 1.82) is 0 Å². The third kappa shape index (κ3) is 2.80. The number of oxazole rings is 2. The van der Waals surface area contributed by atoms with Gasteiger partial charge in [0, 0.05) is 10.9 Å². The molecule has 6 nitrogen and oxygen atoms in total. The summed E-state index contributed by atoms with van der Waals surface area (Å²) >= 11 is 12.7. The number of halogens is 2. The first kappa shape index (κ1) is 17.1. The monoisotopic (exact) mass is 390 g/mol. The summed E-state index contributed by atoms with van der Waals surface area (Å²) in [6.45, 7) is 3.99. The molecule has 0 spiro atoms. The number of benzene rings is 1. The maximum Gasteiger partial charge on any atom is 0.250 e. The van der Waals surface area contributed by atoms with E-state index in [9.17, 15) is 0 Å². The van der Waals surface area contributed by atoms with Crippen molar-refractivity contribution in [1.82, 2.24) is 15.0 Å². The minimum atomic E-state index is -0.309. The topological polar surface area (TPSA) is 93.9 Å². The predicted octanol–water partition coefficient (Wildman–Crippen LogP) is 5.44. The van der Waals surface area contributed by atoms with Crippen LogP contribution in [0.25, 0.3) is 33.8 Å². The molecule has 0 saturated heterocycles. The van der Waals surface area contributed by atoms with Crippen molar-refractivity contribution >= 4 is 34.1 Å². The molecule has 0 unspecified atom stereocenters. The SMILES string of the molecule is CC(C)[C@H](N)c1nc(-c2nc(Cl)c(-c3c(Cl)[nH]c4ccccc34)o2)co1. The number of rotatable bonds is 4. The van der Waals surface area contributed by atoms with Crippen molar-refractivity contribution in [3.8, 4) is 22.9 Å². The number of aromatic amines is 1. The third-order valence-corrected chi connectivity index (χ3v) is 4.76. The highest BCUT2D eigenvalue weighted by Gasteiger charge is 2.24. The van der Waals surface area contributed by atoms with E-state index in [2.05, 4.69) is 15.0 Å². The summed E-state index contributed by atoms with van der Waals surface area (Å²) in [7, 11) is 0. The van der Waals surface area contributed by atoms with Crippen LogP contribution in [-0.4, -0.2) is 15.0 Å². The summed E-state index contributed by atoms with van der Waals surface area (Å²) in [5, 5.41) is 1.52. The van der Waals surface area contributed by atoms with Crippen LogP contribution in [0.2, 0.25) is 10.3 Å². The first-order valence-electron chi connectivity index (χ1n) is 8.10. The third-order valence-electron chi connectivity index (χ3n) is 4.22. The van der Waals surface area contributed by atoms with Crippen LogP contribution >= 0.6 is 23.2 Å². The Balaban J connectivity index is 1.78. The zero-order valence-corrected chi connectivity index (χ0v) is 15.6. The molecule has 1 atom stereocenters. The van der Waals surface area contributed by atoms with Gasteiger partial charge in [-0.15, -0.1) is 0 Å². The van der Waals surface area contributed by atoms with Crippen molar-refractivity contribution in [2.24, 2.45) is 11.7 Å². The highest BCUT2D eigenvalue weighted by atomic mass is 35.5. The van der Waals surface area contributed by atoms with Crippen molar-refractivity contribution in [3.05, 3.63) is 46.7 Å². The zero-order valence-electron chi connectivity index (χ0n) is 14.1. The maximum atomic E-state index is 6.36. The highest BCUT2D eigenvalue weighted by molar-refractivity contribution is 6.37. The molecule has 0 aliphatic heterocycles. The van der Waals surface area contributed by atoms with Crippen LogP contribution in [0.1, 0.15) is 25.8 Å². The van der Waals surface area contributed by atoms with Crippen LogP contribution in [0.5, 0.6) is 0 Å². The molecular formula is C18H16Cl2N4O2. The number of hydrogen-bond donors (Lipinski definition) is 2. The van der Waals surface area contributed by atoms with Crippen LogP contribution in [0.15, 0.2) is 39.4 Å². The lowest BCUT2D eigenvalue weighted by atomic mass is 10.1. The van der Waals surface area contributed by atoms with Gasteiger partial charge in [-0.3, -0.25) is 0 Å². The van der Waals surface area contributed by atoms with E-state index >= 15 is 0 Å². The van der Waals surface area contributed by atoms with Gasteiger partial charge < -0.3 is 19.6 Å². The number of fused-ring (bicyclic) bond motifs is 1. The maximum absolute atomic E-state index is 6.36. The van der Waals surface area contributed by atoms with Crippen LogP contribution < -0.4 is 5.73 Å². The molecule has 0 aliphatic rings. The lowest BCUT2D eigenvalue weighted by Crippen LogP contribution is -2.16. The van der Waals surface area contributed by atoms with E-state index in [1.165, 1.54) is 6.26 Å². The first-order chi connectivity index (χ1) is 12.5. The minimum absolute atomic E-state index is 0.190. The standard InChI is InChI=1S/C18H16Cl2N4O2/c1-8(2)13(21)18-23-11(7-25-18)17-24-16(20)14(26-17)12-9-5-3-4-6-10(9)22-15(12)19/h3-8,13,22H,21H2,1-2H3/t13-/m0/s1. The Morgan fingerprint density at radius 1 is 1.15 bits per heavy atom. The van der Waals surface area contributed by atoms with Crippen molar-refractivity contribution in [2.45, 2.75) is 19.9 Å². The van der Waals surface area contributed by atoms with Gasteiger partial charge in [0.05, 0.1) is 11.6 Å². The Bertz CT molecular complexity index is 1080. The molecule has 4 rings (SSSR count). The van der Waals surface area contributed by atoms with E-state index in [-0.39, 0.29) is 23.0 Å². The average Bonchev–Trinajstić information content (AvgIpc) is 3.30. The molecule has 3 N–H and O–H groups in total. The van der Waals surface area contributed by atoms with Crippen LogP contribution in [-0.2, 0) is 0 Å². The molecule has 134 valence electrons. The van der Waals surface area contributed by atoms with Crippen molar-refractivity contribution < 1.29 is 8.83 Å². The van der Waals surface area contributed by atoms with Gasteiger partial charge in [-0.2, -0.15) is 4.98 Å². The number of hydrogen-bond acceptors (Lipinski definition) is 5. The number of nitrogens with zero attached hydrogens (tertiary/aromatic N) is 2. The average molecular weight is 391 g/mol. The zero-order chi connectivity index (χ0) is 18.4. The molecule has 8 heteroatoms. The summed E-state index contributed by atoms with van der Waals surface area (Å²) in [5.41, 5.74) is 8.04. The normalized spacial score (nSPS) is 13.0. The fraction of sp³-hybridized carbons (Fsp3) is 0.222. The van der Waals surface area contributed by atoms with Gasteiger partial charge >= 0.3 is 0 Å². The molecular weight excluding hydrogens is 375 g/mol.